The smallest absolute Gasteiger partial charge is 0.227 e. The summed E-state index contributed by atoms with van der Waals surface area (Å²) in [7, 11) is 0. The summed E-state index contributed by atoms with van der Waals surface area (Å²) in [4.78, 5) is 49.7. The maximum atomic E-state index is 5.68. The van der Waals surface area contributed by atoms with Gasteiger partial charge in [-0.2, -0.15) is 4.98 Å². The number of benzene rings is 7. The van der Waals surface area contributed by atoms with Gasteiger partial charge in [0.15, 0.2) is 23.1 Å². The number of oxazole rings is 2. The van der Waals surface area contributed by atoms with Crippen molar-refractivity contribution >= 4 is 214 Å². The Morgan fingerprint density at radius 1 is 0.309 bits per heavy atom. The van der Waals surface area contributed by atoms with Gasteiger partial charge in [0.05, 0.1) is 77.8 Å². The van der Waals surface area contributed by atoms with Crippen LogP contribution in [0.4, 0.5) is 0 Å². The van der Waals surface area contributed by atoms with E-state index in [0.717, 1.165) is 191 Å². The van der Waals surface area contributed by atoms with Crippen LogP contribution in [0.2, 0.25) is 0 Å². The molecule has 21 heterocycles. The van der Waals surface area contributed by atoms with Crippen molar-refractivity contribution in [1.82, 2.24) is 101 Å². The molecule has 0 aliphatic heterocycles. The predicted molar refractivity (Wildman–Crippen MR) is 444 cm³/mol. The fourth-order valence-electron chi connectivity index (χ4n) is 15.2. The molecule has 0 atom stereocenters. The van der Waals surface area contributed by atoms with Gasteiger partial charge in [-0.1, -0.05) is 90.9 Å². The van der Waals surface area contributed by atoms with Gasteiger partial charge in [0.2, 0.25) is 11.4 Å². The number of hydrogen-bond donors (Lipinski definition) is 0. The normalized spacial score (nSPS) is 11.1. The monoisotopic (exact) mass is 2900 g/mol. The minimum Gasteiger partial charge on any atom is -0.449 e. The molecule has 0 bridgehead atoms. The van der Waals surface area contributed by atoms with Gasteiger partial charge in [-0.25, -0.2) is 15.0 Å². The number of hydrogen-bond acceptors (Lipinski definition) is 21. The first-order valence-corrected chi connectivity index (χ1v) is 38.0. The van der Waals surface area contributed by atoms with Crippen LogP contribution < -0.4 is 0 Å². The SMILES string of the molecule is Cc1nc2c(o1)c1ccc[c-]c1c1nccn12.Cc1nc2c(s1)c1ccc[c-]c1c1nccn12.Cc1nc2c3ccc[c-]c3c3nccn3c2o1.Cc1nc2c3ccc[c-]c3c3nccn3c2s1.[Ir].[Ir].[Ir].[Ir].[Ir].[Ir].[Ir].[c-]1cccc2c1c1nccn1c1conc21.[c-]1cccc2c1c1nccn1c1nocc21.[c-]1cccc2c1c1nccn1c1oncc21. The average Bonchev–Trinajstić information content (AvgIpc) is 1.62. The van der Waals surface area contributed by atoms with Crippen molar-refractivity contribution in [3.8, 4) is 0 Å². The van der Waals surface area contributed by atoms with E-state index in [9.17, 15) is 0 Å². The number of pyridine rings is 7. The van der Waals surface area contributed by atoms with Crippen LogP contribution >= 0.6 is 22.7 Å². The van der Waals surface area contributed by atoms with E-state index in [0.29, 0.717) is 11.8 Å². The van der Waals surface area contributed by atoms with Crippen molar-refractivity contribution in [2.24, 2.45) is 0 Å². The molecule has 0 fully saturated rings. The number of thiazole rings is 2. The molecule has 28 rings (SSSR count). The fourth-order valence-corrected chi connectivity index (χ4v) is 17.0. The summed E-state index contributed by atoms with van der Waals surface area (Å²) in [6.45, 7) is 7.76. The maximum Gasteiger partial charge on any atom is 0.227 e. The van der Waals surface area contributed by atoms with E-state index in [1.54, 1.807) is 72.4 Å². The molecule has 0 saturated heterocycles. The van der Waals surface area contributed by atoms with Crippen molar-refractivity contribution in [1.29, 1.82) is 0 Å². The molecule has 28 aromatic rings. The molecule has 0 aliphatic carbocycles. The Bertz CT molecular complexity index is 7610. The van der Waals surface area contributed by atoms with Gasteiger partial charge in [0.25, 0.3) is 0 Å². The Morgan fingerprint density at radius 2 is 0.707 bits per heavy atom. The molecule has 7 aromatic carbocycles. The zero-order valence-corrected chi connectivity index (χ0v) is 81.9. The van der Waals surface area contributed by atoms with Gasteiger partial charge >= 0.3 is 0 Å². The van der Waals surface area contributed by atoms with Crippen molar-refractivity contribution in [3.63, 3.8) is 0 Å². The van der Waals surface area contributed by atoms with Crippen molar-refractivity contribution in [2.75, 3.05) is 0 Å². The second kappa shape index (κ2) is 36.0. The van der Waals surface area contributed by atoms with Gasteiger partial charge < -0.3 is 53.2 Å². The third-order valence-electron chi connectivity index (χ3n) is 20.0. The van der Waals surface area contributed by atoms with Crippen LogP contribution in [0.25, 0.3) is 191 Å². The molecule has 619 valence electrons. The Labute approximate surface area is 794 Å². The van der Waals surface area contributed by atoms with Gasteiger partial charge in [-0.05, 0) is 13.8 Å². The largest absolute Gasteiger partial charge is 0.449 e. The summed E-state index contributed by atoms with van der Waals surface area (Å²) in [6.07, 6.45) is 30.8. The van der Waals surface area contributed by atoms with E-state index in [4.69, 9.17) is 22.4 Å². The minimum absolute atomic E-state index is 0. The van der Waals surface area contributed by atoms with Crippen LogP contribution in [-0.4, -0.2) is 101 Å². The second-order valence-corrected chi connectivity index (χ2v) is 29.1. The summed E-state index contributed by atoms with van der Waals surface area (Å²) in [5, 5.41) is 30.5. The van der Waals surface area contributed by atoms with E-state index in [1.807, 2.05) is 225 Å². The summed E-state index contributed by atoms with van der Waals surface area (Å²) in [6, 6.07) is 63.9. The van der Waals surface area contributed by atoms with E-state index < -0.39 is 0 Å². The summed E-state index contributed by atoms with van der Waals surface area (Å²) in [5.41, 5.74) is 14.7. The molecule has 0 unspecified atom stereocenters. The van der Waals surface area contributed by atoms with Crippen LogP contribution in [0.3, 0.4) is 0 Å². The molecule has 0 saturated carbocycles. The Kier molecular flexibility index (Phi) is 25.4. The van der Waals surface area contributed by atoms with E-state index in [1.165, 1.54) is 10.1 Å². The minimum atomic E-state index is 0. The zero-order valence-electron chi connectivity index (χ0n) is 63.5. The molecular weight excluding hydrogens is 2840 g/mol. The first kappa shape index (κ1) is 86.8. The Hall–Kier alpha value is -11.1. The standard InChI is InChI=1S/2C13H8N3O.2C13H8N3S.3C12H6N3O.7Ir/c1-8-15-13-11(17-8)9-4-2-3-5-10(9)12-14-6-7-16(12)13;1-8-15-11-9-4-2-3-5-10(9)12-14-6-7-16(12)13(11)17-8;1-8-15-13-11(17-8)9-4-2-3-5-10(9)12-14-6-7-16(12)13;1-8-15-11-9-4-2-3-5-10(9)12-14-6-7-16(12)13(11)17-8;1-2-4-9-8(3-1)11-10(7-16-14-11)15-6-5-13-12(9)15;1-2-4-9-8(3-1)10-7-16-14-12(10)15-6-5-13-11(9)15;1-2-4-9-8(3-1)10-7-14-16-12(10)15-6-5-13-11(9)15;;;;;;;/h4*2-4,6-7H,1H3;3*1-3,5-7H;;;;;;;/q7*-1;;;;;;;. The predicted octanol–water partition coefficient (Wildman–Crippen LogP) is 19.2. The first-order chi connectivity index (χ1) is 57.2. The van der Waals surface area contributed by atoms with E-state index in [-0.39, 0.29) is 141 Å². The number of aryl methyl sites for hydroxylation is 4. The van der Waals surface area contributed by atoms with Gasteiger partial charge in [-0.15, -0.1) is 193 Å². The number of rotatable bonds is 0. The number of fused-ring (bicyclic) bond motifs is 42. The molecule has 123 heavy (non-hydrogen) atoms. The first-order valence-electron chi connectivity index (χ1n) is 36.3. The molecule has 0 spiro atoms. The Balaban J connectivity index is 0.000000110. The fraction of sp³-hybridized carbons (Fsp3) is 0.0455. The summed E-state index contributed by atoms with van der Waals surface area (Å²) < 4.78 is 41.6. The molecule has 7 radical (unpaired) electrons. The van der Waals surface area contributed by atoms with Gasteiger partial charge in [-0.3, -0.25) is 34.9 Å². The zero-order chi connectivity index (χ0) is 77.2. The van der Waals surface area contributed by atoms with Gasteiger partial charge in [0, 0.05) is 257 Å². The second-order valence-electron chi connectivity index (χ2n) is 26.7. The maximum absolute atomic E-state index is 5.68. The van der Waals surface area contributed by atoms with Gasteiger partial charge in [0.1, 0.15) is 28.6 Å². The van der Waals surface area contributed by atoms with Crippen LogP contribution in [-0.2, 0) is 141 Å². The topological polar surface area (TPSA) is 277 Å². The third-order valence-corrected chi connectivity index (χ3v) is 22.0. The average molecular weight is 2890 g/mol. The molecule has 0 amide bonds. The number of imidazole rings is 7. The quantitative estimate of drug-likeness (QED) is 0.128. The summed E-state index contributed by atoms with van der Waals surface area (Å²) >= 11 is 3.42. The molecule has 0 aliphatic rings. The number of nitrogens with zero attached hydrogens (tertiary/aromatic N) is 21. The van der Waals surface area contributed by atoms with Crippen LogP contribution in [0, 0.1) is 70.2 Å². The summed E-state index contributed by atoms with van der Waals surface area (Å²) in [5.74, 6) is 1.32. The van der Waals surface area contributed by atoms with Crippen molar-refractivity contribution < 1.29 is 163 Å². The van der Waals surface area contributed by atoms with Crippen molar-refractivity contribution in [2.45, 2.75) is 27.7 Å². The van der Waals surface area contributed by atoms with Crippen molar-refractivity contribution in [3.05, 3.63) is 297 Å². The number of aromatic nitrogens is 21. The third kappa shape index (κ3) is 14.8. The molecule has 21 aromatic heterocycles. The van der Waals surface area contributed by atoms with E-state index in [2.05, 4.69) is 129 Å². The molecule has 0 N–H and O–H groups in total. The van der Waals surface area contributed by atoms with Crippen LogP contribution in [0.1, 0.15) is 21.8 Å². The Morgan fingerprint density at radius 3 is 1.28 bits per heavy atom. The van der Waals surface area contributed by atoms with Crippen LogP contribution in [0.15, 0.2) is 255 Å². The molecular formula is C88H50Ir7N21O5S2-7. The molecule has 35 heteroatoms. The van der Waals surface area contributed by atoms with Crippen LogP contribution in [0.5, 0.6) is 0 Å². The van der Waals surface area contributed by atoms with E-state index >= 15 is 0 Å². The molecule has 26 nitrogen and oxygen atoms in total.